The van der Waals surface area contributed by atoms with Gasteiger partial charge in [0.1, 0.15) is 12.1 Å². The molecule has 2 N–H and O–H groups in total. The highest BCUT2D eigenvalue weighted by Crippen LogP contribution is 2.40. The molecule has 118 valence electrons. The van der Waals surface area contributed by atoms with Crippen molar-refractivity contribution < 1.29 is 4.79 Å². The number of carbonyl (C=O) groups excluding carboxylic acids is 1. The van der Waals surface area contributed by atoms with E-state index < -0.39 is 0 Å². The van der Waals surface area contributed by atoms with Crippen LogP contribution in [-0.4, -0.2) is 34.9 Å². The molecular formula is C18H20N4O. The van der Waals surface area contributed by atoms with Gasteiger partial charge in [-0.2, -0.15) is 0 Å². The summed E-state index contributed by atoms with van der Waals surface area (Å²) in [5, 5.41) is 6.98. The Kier molecular flexibility index (Phi) is 3.58. The molecule has 0 atom stereocenters. The molecule has 2 heterocycles. The summed E-state index contributed by atoms with van der Waals surface area (Å²) in [6.45, 7) is 3.70. The van der Waals surface area contributed by atoms with Crippen molar-refractivity contribution >= 4 is 11.6 Å². The number of anilines is 1. The van der Waals surface area contributed by atoms with Gasteiger partial charge < -0.3 is 10.6 Å². The largest absolute Gasteiger partial charge is 0.367 e. The summed E-state index contributed by atoms with van der Waals surface area (Å²) in [4.78, 5) is 20.5. The topological polar surface area (TPSA) is 66.9 Å². The van der Waals surface area contributed by atoms with Gasteiger partial charge in [0.05, 0.1) is 5.69 Å². The van der Waals surface area contributed by atoms with Crippen LogP contribution in [0.5, 0.6) is 0 Å². The molecule has 1 fully saturated rings. The second-order valence-electron chi connectivity index (χ2n) is 6.32. The number of hydrogen-bond donors (Lipinski definition) is 2. The van der Waals surface area contributed by atoms with E-state index in [1.165, 1.54) is 5.56 Å². The van der Waals surface area contributed by atoms with E-state index in [9.17, 15) is 4.79 Å². The van der Waals surface area contributed by atoms with Crippen LogP contribution in [-0.2, 0) is 6.42 Å². The van der Waals surface area contributed by atoms with Crippen molar-refractivity contribution in [3.05, 3.63) is 41.3 Å². The molecule has 1 aromatic heterocycles. The van der Waals surface area contributed by atoms with Gasteiger partial charge in [0.15, 0.2) is 5.78 Å². The van der Waals surface area contributed by atoms with Gasteiger partial charge >= 0.3 is 0 Å². The fourth-order valence-electron chi connectivity index (χ4n) is 3.49. The van der Waals surface area contributed by atoms with Gasteiger partial charge in [0.2, 0.25) is 0 Å². The lowest BCUT2D eigenvalue weighted by molar-refractivity contribution is 0.101. The Labute approximate surface area is 135 Å². The van der Waals surface area contributed by atoms with Gasteiger partial charge in [-0.3, -0.25) is 4.79 Å². The normalized spacial score (nSPS) is 16.7. The zero-order valence-corrected chi connectivity index (χ0v) is 13.2. The van der Waals surface area contributed by atoms with E-state index in [1.807, 2.05) is 18.2 Å². The minimum atomic E-state index is 0.0999. The molecule has 1 aliphatic carbocycles. The van der Waals surface area contributed by atoms with Gasteiger partial charge in [-0.15, -0.1) is 0 Å². The average Bonchev–Trinajstić information content (AvgIpc) is 2.94. The molecule has 4 rings (SSSR count). The summed E-state index contributed by atoms with van der Waals surface area (Å²) in [6.07, 6.45) is 4.62. The third-order valence-corrected chi connectivity index (χ3v) is 4.74. The highest BCUT2D eigenvalue weighted by molar-refractivity contribution is 5.96. The first-order valence-corrected chi connectivity index (χ1v) is 8.18. The van der Waals surface area contributed by atoms with Crippen LogP contribution >= 0.6 is 0 Å². The van der Waals surface area contributed by atoms with E-state index in [0.717, 1.165) is 60.6 Å². The third-order valence-electron chi connectivity index (χ3n) is 4.74. The number of hydrogen-bond acceptors (Lipinski definition) is 5. The number of benzene rings is 1. The molecular weight excluding hydrogens is 288 g/mol. The Morgan fingerprint density at radius 1 is 1.26 bits per heavy atom. The fourth-order valence-corrected chi connectivity index (χ4v) is 3.49. The molecule has 1 aromatic carbocycles. The maximum absolute atomic E-state index is 11.6. The molecule has 0 unspecified atom stereocenters. The Hall–Kier alpha value is -2.27. The summed E-state index contributed by atoms with van der Waals surface area (Å²) in [5.41, 5.74) is 5.24. The number of aromatic nitrogens is 2. The molecule has 0 amide bonds. The molecule has 1 saturated heterocycles. The first kappa shape index (κ1) is 14.3. The van der Waals surface area contributed by atoms with E-state index in [2.05, 4.69) is 20.6 Å². The lowest BCUT2D eigenvalue weighted by Crippen LogP contribution is -2.35. The van der Waals surface area contributed by atoms with Gasteiger partial charge in [-0.1, -0.05) is 12.1 Å². The van der Waals surface area contributed by atoms with E-state index in [0.29, 0.717) is 6.04 Å². The zero-order chi connectivity index (χ0) is 15.8. The second kappa shape index (κ2) is 5.74. The van der Waals surface area contributed by atoms with Crippen molar-refractivity contribution in [1.29, 1.82) is 0 Å². The van der Waals surface area contributed by atoms with Gasteiger partial charge in [0, 0.05) is 23.6 Å². The number of carbonyl (C=O) groups is 1. The van der Waals surface area contributed by atoms with Crippen molar-refractivity contribution in [3.8, 4) is 11.1 Å². The smallest absolute Gasteiger partial charge is 0.159 e. The van der Waals surface area contributed by atoms with Crippen LogP contribution in [0, 0.1) is 0 Å². The molecule has 2 aliphatic rings. The molecule has 5 nitrogen and oxygen atoms in total. The van der Waals surface area contributed by atoms with Gasteiger partial charge in [0.25, 0.3) is 0 Å². The second-order valence-corrected chi connectivity index (χ2v) is 6.32. The zero-order valence-electron chi connectivity index (χ0n) is 13.2. The first-order chi connectivity index (χ1) is 11.2. The standard InChI is InChI=1S/C18H20N4O/c1-11(23)12-2-3-15-13(8-12)9-16-17(15)18(21-10-20-16)22-14-4-6-19-7-5-14/h2-3,8,10,14,19H,4-7,9H2,1H3,(H,20,21,22). The highest BCUT2D eigenvalue weighted by Gasteiger charge is 2.25. The maximum Gasteiger partial charge on any atom is 0.159 e. The Bertz CT molecular complexity index is 766. The molecule has 0 saturated carbocycles. The number of ketones is 1. The van der Waals surface area contributed by atoms with E-state index in [-0.39, 0.29) is 5.78 Å². The quantitative estimate of drug-likeness (QED) is 0.727. The number of Topliss-reactive ketones (excluding diaryl/α,β-unsaturated/α-hetero) is 1. The summed E-state index contributed by atoms with van der Waals surface area (Å²) in [7, 11) is 0. The highest BCUT2D eigenvalue weighted by atomic mass is 16.1. The van der Waals surface area contributed by atoms with E-state index in [4.69, 9.17) is 0 Å². The van der Waals surface area contributed by atoms with Crippen molar-refractivity contribution in [2.24, 2.45) is 0 Å². The van der Waals surface area contributed by atoms with Crippen LogP contribution in [0.15, 0.2) is 24.5 Å². The van der Waals surface area contributed by atoms with Crippen LogP contribution in [0.25, 0.3) is 11.1 Å². The first-order valence-electron chi connectivity index (χ1n) is 8.18. The Balaban J connectivity index is 1.70. The summed E-state index contributed by atoms with van der Waals surface area (Å²) >= 11 is 0. The number of nitrogens with zero attached hydrogens (tertiary/aromatic N) is 2. The Morgan fingerprint density at radius 2 is 2.09 bits per heavy atom. The predicted octanol–water partition coefficient (Wildman–Crippen LogP) is 2.41. The number of piperidine rings is 1. The van der Waals surface area contributed by atoms with Crippen molar-refractivity contribution in [3.63, 3.8) is 0 Å². The van der Waals surface area contributed by atoms with Gasteiger partial charge in [-0.05, 0) is 50.0 Å². The van der Waals surface area contributed by atoms with Crippen LogP contribution in [0.4, 0.5) is 5.82 Å². The van der Waals surface area contributed by atoms with Crippen molar-refractivity contribution in [2.75, 3.05) is 18.4 Å². The van der Waals surface area contributed by atoms with Crippen molar-refractivity contribution in [2.45, 2.75) is 32.2 Å². The summed E-state index contributed by atoms with van der Waals surface area (Å²) < 4.78 is 0. The number of fused-ring (bicyclic) bond motifs is 3. The SMILES string of the molecule is CC(=O)c1ccc2c(c1)Cc1ncnc(NC3CCNCC3)c1-2. The monoisotopic (exact) mass is 308 g/mol. The van der Waals surface area contributed by atoms with Crippen LogP contribution in [0.2, 0.25) is 0 Å². The molecule has 2 aromatic rings. The maximum atomic E-state index is 11.6. The molecule has 1 aliphatic heterocycles. The van der Waals surface area contributed by atoms with E-state index in [1.54, 1.807) is 13.3 Å². The average molecular weight is 308 g/mol. The number of rotatable bonds is 3. The van der Waals surface area contributed by atoms with Gasteiger partial charge in [-0.25, -0.2) is 9.97 Å². The molecule has 5 heteroatoms. The van der Waals surface area contributed by atoms with E-state index >= 15 is 0 Å². The molecule has 0 spiro atoms. The van der Waals surface area contributed by atoms with Crippen molar-refractivity contribution in [1.82, 2.24) is 15.3 Å². The fraction of sp³-hybridized carbons (Fsp3) is 0.389. The molecule has 23 heavy (non-hydrogen) atoms. The predicted molar refractivity (Wildman–Crippen MR) is 89.8 cm³/mol. The third kappa shape index (κ3) is 2.61. The number of nitrogens with one attached hydrogen (secondary N) is 2. The Morgan fingerprint density at radius 3 is 2.87 bits per heavy atom. The minimum absolute atomic E-state index is 0.0999. The molecule has 0 bridgehead atoms. The minimum Gasteiger partial charge on any atom is -0.367 e. The molecule has 0 radical (unpaired) electrons. The van der Waals surface area contributed by atoms with Crippen LogP contribution in [0.1, 0.15) is 41.4 Å². The van der Waals surface area contributed by atoms with Crippen LogP contribution in [0.3, 0.4) is 0 Å². The summed E-state index contributed by atoms with van der Waals surface area (Å²) in [6, 6.07) is 6.39. The lowest BCUT2D eigenvalue weighted by atomic mass is 10.0. The van der Waals surface area contributed by atoms with Crippen LogP contribution < -0.4 is 10.6 Å². The lowest BCUT2D eigenvalue weighted by Gasteiger charge is -2.25. The summed E-state index contributed by atoms with van der Waals surface area (Å²) in [5.74, 6) is 1.03.